The second-order valence-electron chi connectivity index (χ2n) is 5.21. The number of epoxide rings is 1. The molecule has 2 aliphatic rings. The first-order valence-corrected chi connectivity index (χ1v) is 5.95. The molecule has 3 unspecified atom stereocenters. The lowest BCUT2D eigenvalue weighted by molar-refractivity contribution is 0.351. The molecule has 2 fully saturated rings. The van der Waals surface area contributed by atoms with Crippen LogP contribution in [0, 0.1) is 5.92 Å². The minimum Gasteiger partial charge on any atom is -0.370 e. The van der Waals surface area contributed by atoms with Crippen LogP contribution in [-0.2, 0) is 4.74 Å². The molecular formula is C13H22O. The molecule has 0 aromatic carbocycles. The lowest BCUT2D eigenvalue weighted by Crippen LogP contribution is -2.13. The van der Waals surface area contributed by atoms with Gasteiger partial charge in [-0.2, -0.15) is 0 Å². The predicted molar refractivity (Wildman–Crippen MR) is 59.3 cm³/mol. The summed E-state index contributed by atoms with van der Waals surface area (Å²) in [6.45, 7) is 6.71. The zero-order valence-electron chi connectivity index (χ0n) is 9.68. The van der Waals surface area contributed by atoms with Crippen LogP contribution in [0.5, 0.6) is 0 Å². The minimum absolute atomic E-state index is 0.653. The van der Waals surface area contributed by atoms with E-state index in [2.05, 4.69) is 20.8 Å². The lowest BCUT2D eigenvalue weighted by atomic mass is 9.85. The van der Waals surface area contributed by atoms with Gasteiger partial charge in [0.25, 0.3) is 0 Å². The summed E-state index contributed by atoms with van der Waals surface area (Å²) in [6, 6.07) is 0. The van der Waals surface area contributed by atoms with Crippen molar-refractivity contribution < 1.29 is 4.74 Å². The van der Waals surface area contributed by atoms with Gasteiger partial charge in [-0.15, -0.1) is 0 Å². The molecule has 0 bridgehead atoms. The van der Waals surface area contributed by atoms with Crippen LogP contribution in [-0.4, -0.2) is 12.2 Å². The summed E-state index contributed by atoms with van der Waals surface area (Å²) in [7, 11) is 0. The fourth-order valence-electron chi connectivity index (χ4n) is 2.42. The summed E-state index contributed by atoms with van der Waals surface area (Å²) in [5, 5.41) is 0. The second-order valence-corrected chi connectivity index (χ2v) is 5.21. The topological polar surface area (TPSA) is 12.5 Å². The van der Waals surface area contributed by atoms with Gasteiger partial charge in [0.15, 0.2) is 0 Å². The predicted octanol–water partition coefficient (Wildman–Crippen LogP) is 3.69. The van der Waals surface area contributed by atoms with Crippen molar-refractivity contribution in [1.29, 1.82) is 0 Å². The largest absolute Gasteiger partial charge is 0.370 e. The van der Waals surface area contributed by atoms with Crippen molar-refractivity contribution in [1.82, 2.24) is 0 Å². The van der Waals surface area contributed by atoms with Crippen LogP contribution in [0.4, 0.5) is 0 Å². The molecule has 1 aliphatic heterocycles. The Labute approximate surface area is 87.5 Å². The Morgan fingerprint density at radius 1 is 1.14 bits per heavy atom. The van der Waals surface area contributed by atoms with Gasteiger partial charge in [-0.1, -0.05) is 11.1 Å². The van der Waals surface area contributed by atoms with E-state index in [0.717, 1.165) is 5.92 Å². The zero-order valence-corrected chi connectivity index (χ0v) is 9.68. The highest BCUT2D eigenvalue weighted by Crippen LogP contribution is 2.41. The van der Waals surface area contributed by atoms with Crippen LogP contribution in [0.3, 0.4) is 0 Å². The van der Waals surface area contributed by atoms with Gasteiger partial charge in [0, 0.05) is 0 Å². The van der Waals surface area contributed by atoms with Crippen molar-refractivity contribution in [3.05, 3.63) is 11.1 Å². The van der Waals surface area contributed by atoms with Crippen LogP contribution in [0.25, 0.3) is 0 Å². The Morgan fingerprint density at radius 2 is 1.93 bits per heavy atom. The Hall–Kier alpha value is -0.300. The quantitative estimate of drug-likeness (QED) is 0.493. The fourth-order valence-corrected chi connectivity index (χ4v) is 2.42. The van der Waals surface area contributed by atoms with Gasteiger partial charge in [0.2, 0.25) is 0 Å². The molecule has 80 valence electrons. The lowest BCUT2D eigenvalue weighted by Gasteiger charge is -2.19. The zero-order chi connectivity index (χ0) is 10.1. The number of fused-ring (bicyclic) bond motifs is 1. The molecule has 0 aromatic heterocycles. The van der Waals surface area contributed by atoms with E-state index in [1.54, 1.807) is 5.57 Å². The van der Waals surface area contributed by atoms with E-state index >= 15 is 0 Å². The van der Waals surface area contributed by atoms with E-state index in [1.807, 2.05) is 0 Å². The standard InChI is InChI=1S/C13H22O/c1-9(2)10(3)4-5-11-6-7-12-13(8-11)14-12/h11-13H,4-8H2,1-3H3. The maximum atomic E-state index is 5.55. The summed E-state index contributed by atoms with van der Waals surface area (Å²) in [5.41, 5.74) is 3.09. The fraction of sp³-hybridized carbons (Fsp3) is 0.846. The summed E-state index contributed by atoms with van der Waals surface area (Å²) >= 11 is 0. The maximum absolute atomic E-state index is 5.55. The number of rotatable bonds is 3. The smallest absolute Gasteiger partial charge is 0.0844 e. The summed E-state index contributed by atoms with van der Waals surface area (Å²) < 4.78 is 5.55. The van der Waals surface area contributed by atoms with Crippen molar-refractivity contribution in [2.45, 2.75) is 65.1 Å². The molecule has 0 N–H and O–H groups in total. The molecule has 14 heavy (non-hydrogen) atoms. The van der Waals surface area contributed by atoms with E-state index in [-0.39, 0.29) is 0 Å². The number of allylic oxidation sites excluding steroid dienone is 2. The molecule has 1 saturated heterocycles. The Morgan fingerprint density at radius 3 is 2.57 bits per heavy atom. The van der Waals surface area contributed by atoms with Gasteiger partial charge in [-0.05, 0) is 58.8 Å². The van der Waals surface area contributed by atoms with Crippen LogP contribution in [0.2, 0.25) is 0 Å². The third kappa shape index (κ3) is 2.38. The Bertz CT molecular complexity index is 238. The molecule has 0 spiro atoms. The van der Waals surface area contributed by atoms with E-state index in [9.17, 15) is 0 Å². The molecular weight excluding hydrogens is 172 g/mol. The van der Waals surface area contributed by atoms with Crippen LogP contribution < -0.4 is 0 Å². The molecule has 3 atom stereocenters. The highest BCUT2D eigenvalue weighted by Gasteiger charge is 2.43. The van der Waals surface area contributed by atoms with E-state index in [0.29, 0.717) is 12.2 Å². The van der Waals surface area contributed by atoms with Gasteiger partial charge in [-0.3, -0.25) is 0 Å². The first-order chi connectivity index (χ1) is 6.66. The summed E-state index contributed by atoms with van der Waals surface area (Å²) in [4.78, 5) is 0. The van der Waals surface area contributed by atoms with Crippen LogP contribution in [0.1, 0.15) is 52.9 Å². The van der Waals surface area contributed by atoms with E-state index in [4.69, 9.17) is 4.74 Å². The Kier molecular flexibility index (Phi) is 2.96. The summed E-state index contributed by atoms with van der Waals surface area (Å²) in [6.07, 6.45) is 8.05. The third-order valence-corrected chi connectivity index (χ3v) is 3.89. The molecule has 1 aliphatic carbocycles. The van der Waals surface area contributed by atoms with Crippen LogP contribution >= 0.6 is 0 Å². The Balaban J connectivity index is 1.72. The SMILES string of the molecule is CC(C)=C(C)CCC1CCC2OC2C1. The number of ether oxygens (including phenoxy) is 1. The molecule has 1 heterocycles. The second kappa shape index (κ2) is 4.06. The molecule has 0 amide bonds. The normalized spacial score (nSPS) is 34.9. The maximum Gasteiger partial charge on any atom is 0.0844 e. The van der Waals surface area contributed by atoms with Crippen molar-refractivity contribution >= 4 is 0 Å². The van der Waals surface area contributed by atoms with Crippen molar-refractivity contribution in [2.75, 3.05) is 0 Å². The van der Waals surface area contributed by atoms with Gasteiger partial charge in [0.1, 0.15) is 0 Å². The molecule has 0 aromatic rings. The average Bonchev–Trinajstić information content (AvgIpc) is 2.91. The van der Waals surface area contributed by atoms with Crippen LogP contribution in [0.15, 0.2) is 11.1 Å². The molecule has 0 radical (unpaired) electrons. The molecule has 1 saturated carbocycles. The van der Waals surface area contributed by atoms with Gasteiger partial charge in [-0.25, -0.2) is 0 Å². The third-order valence-electron chi connectivity index (χ3n) is 3.89. The molecule has 1 nitrogen and oxygen atoms in total. The molecule has 1 heteroatoms. The van der Waals surface area contributed by atoms with E-state index in [1.165, 1.54) is 37.7 Å². The van der Waals surface area contributed by atoms with Crippen molar-refractivity contribution in [3.63, 3.8) is 0 Å². The van der Waals surface area contributed by atoms with Crippen molar-refractivity contribution in [2.24, 2.45) is 5.92 Å². The van der Waals surface area contributed by atoms with Gasteiger partial charge in [0.05, 0.1) is 12.2 Å². The van der Waals surface area contributed by atoms with Crippen molar-refractivity contribution in [3.8, 4) is 0 Å². The monoisotopic (exact) mass is 194 g/mol. The average molecular weight is 194 g/mol. The summed E-state index contributed by atoms with van der Waals surface area (Å²) in [5.74, 6) is 0.938. The molecule has 2 rings (SSSR count). The number of hydrogen-bond donors (Lipinski definition) is 0. The first kappa shape index (κ1) is 10.2. The van der Waals surface area contributed by atoms with Gasteiger partial charge >= 0.3 is 0 Å². The highest BCUT2D eigenvalue weighted by atomic mass is 16.6. The number of hydrogen-bond acceptors (Lipinski definition) is 1. The van der Waals surface area contributed by atoms with Gasteiger partial charge < -0.3 is 4.74 Å². The minimum atomic E-state index is 0.653. The van der Waals surface area contributed by atoms with E-state index < -0.39 is 0 Å². The first-order valence-electron chi connectivity index (χ1n) is 5.95. The highest BCUT2D eigenvalue weighted by molar-refractivity contribution is 5.06.